The van der Waals surface area contributed by atoms with E-state index in [4.69, 9.17) is 4.74 Å². The molecule has 0 heterocycles. The van der Waals surface area contributed by atoms with E-state index < -0.39 is 18.0 Å². The molecule has 0 aliphatic rings. The monoisotopic (exact) mass is 326 g/mol. The number of carbonyl (C=O) groups excluding carboxylic acids is 1. The van der Waals surface area contributed by atoms with Crippen LogP contribution in [0, 0.1) is 5.41 Å². The smallest absolute Gasteiger partial charge is 0.339 e. The van der Waals surface area contributed by atoms with E-state index in [1.807, 2.05) is 30.3 Å². The Balaban J connectivity index is 2.30. The van der Waals surface area contributed by atoms with Crippen LogP contribution in [-0.4, -0.2) is 17.0 Å². The minimum atomic E-state index is -1.14. The summed E-state index contributed by atoms with van der Waals surface area (Å²) < 4.78 is 5.69. The highest BCUT2D eigenvalue weighted by atomic mass is 16.5. The van der Waals surface area contributed by atoms with Gasteiger partial charge in [0.25, 0.3) is 0 Å². The maximum atomic E-state index is 12.6. The Bertz CT molecular complexity index is 714. The minimum Gasteiger partial charge on any atom is -0.478 e. The lowest BCUT2D eigenvalue weighted by atomic mass is 9.87. The second-order valence-corrected chi connectivity index (χ2v) is 6.92. The summed E-state index contributed by atoms with van der Waals surface area (Å²) in [5.74, 6) is -1.76. The van der Waals surface area contributed by atoms with Crippen LogP contribution in [0.4, 0.5) is 0 Å². The van der Waals surface area contributed by atoms with Crippen LogP contribution in [0.3, 0.4) is 0 Å². The molecule has 126 valence electrons. The Morgan fingerprint density at radius 2 is 1.50 bits per heavy atom. The van der Waals surface area contributed by atoms with E-state index in [-0.39, 0.29) is 16.5 Å². The van der Waals surface area contributed by atoms with E-state index in [0.29, 0.717) is 6.42 Å². The predicted octanol–water partition coefficient (Wildman–Crippen LogP) is 4.72. The molecule has 4 heteroatoms. The predicted molar refractivity (Wildman–Crippen MR) is 92.1 cm³/mol. The van der Waals surface area contributed by atoms with Gasteiger partial charge in [-0.3, -0.25) is 0 Å². The zero-order valence-electron chi connectivity index (χ0n) is 14.2. The number of ether oxygens (including phenoxy) is 1. The Morgan fingerprint density at radius 3 is 2.04 bits per heavy atom. The van der Waals surface area contributed by atoms with Crippen molar-refractivity contribution >= 4 is 11.9 Å². The molecule has 2 aromatic rings. The van der Waals surface area contributed by atoms with Gasteiger partial charge in [0.2, 0.25) is 0 Å². The SMILES string of the molecule is CC(C)(C)CC(OC(=O)c1ccccc1C(=O)O)c1ccccc1. The van der Waals surface area contributed by atoms with Gasteiger partial charge in [0.15, 0.2) is 0 Å². The van der Waals surface area contributed by atoms with Crippen LogP contribution in [0.2, 0.25) is 0 Å². The normalized spacial score (nSPS) is 12.5. The van der Waals surface area contributed by atoms with Crippen molar-refractivity contribution in [2.45, 2.75) is 33.3 Å². The Hall–Kier alpha value is -2.62. The van der Waals surface area contributed by atoms with Gasteiger partial charge in [-0.2, -0.15) is 0 Å². The molecule has 0 saturated carbocycles. The van der Waals surface area contributed by atoms with Crippen LogP contribution in [-0.2, 0) is 4.74 Å². The summed E-state index contributed by atoms with van der Waals surface area (Å²) in [5.41, 5.74) is 0.867. The van der Waals surface area contributed by atoms with Crippen molar-refractivity contribution in [3.8, 4) is 0 Å². The van der Waals surface area contributed by atoms with Gasteiger partial charge >= 0.3 is 11.9 Å². The fourth-order valence-corrected chi connectivity index (χ4v) is 2.49. The maximum Gasteiger partial charge on any atom is 0.339 e. The molecule has 1 unspecified atom stereocenters. The Morgan fingerprint density at radius 1 is 0.958 bits per heavy atom. The van der Waals surface area contributed by atoms with Crippen LogP contribution in [0.15, 0.2) is 54.6 Å². The average molecular weight is 326 g/mol. The minimum absolute atomic E-state index is 0.0485. The molecule has 1 N–H and O–H groups in total. The van der Waals surface area contributed by atoms with Gasteiger partial charge in [-0.1, -0.05) is 63.2 Å². The molecule has 4 nitrogen and oxygen atoms in total. The number of hydrogen-bond donors (Lipinski definition) is 1. The summed E-state index contributed by atoms with van der Waals surface area (Å²) in [5, 5.41) is 9.24. The molecule has 0 amide bonds. The van der Waals surface area contributed by atoms with E-state index in [1.54, 1.807) is 12.1 Å². The largest absolute Gasteiger partial charge is 0.478 e. The maximum absolute atomic E-state index is 12.6. The lowest BCUT2D eigenvalue weighted by molar-refractivity contribution is 0.0191. The summed E-state index contributed by atoms with van der Waals surface area (Å²) >= 11 is 0. The second kappa shape index (κ2) is 7.30. The molecule has 24 heavy (non-hydrogen) atoms. The van der Waals surface area contributed by atoms with Crippen molar-refractivity contribution in [2.24, 2.45) is 5.41 Å². The van der Waals surface area contributed by atoms with Crippen molar-refractivity contribution in [2.75, 3.05) is 0 Å². The van der Waals surface area contributed by atoms with Crippen molar-refractivity contribution < 1.29 is 19.4 Å². The van der Waals surface area contributed by atoms with Crippen LogP contribution < -0.4 is 0 Å². The van der Waals surface area contributed by atoms with Crippen molar-refractivity contribution in [1.82, 2.24) is 0 Å². The molecule has 0 saturated heterocycles. The molecule has 0 fully saturated rings. The fourth-order valence-electron chi connectivity index (χ4n) is 2.49. The Labute approximate surface area is 142 Å². The highest BCUT2D eigenvalue weighted by molar-refractivity contribution is 6.02. The number of hydrogen-bond acceptors (Lipinski definition) is 3. The summed E-state index contributed by atoms with van der Waals surface area (Å²) in [4.78, 5) is 23.9. The first kappa shape index (κ1) is 17.7. The Kier molecular flexibility index (Phi) is 5.39. The van der Waals surface area contributed by atoms with Crippen molar-refractivity contribution in [3.05, 3.63) is 71.3 Å². The summed E-state index contributed by atoms with van der Waals surface area (Å²) in [7, 11) is 0. The van der Waals surface area contributed by atoms with Gasteiger partial charge in [0, 0.05) is 0 Å². The van der Waals surface area contributed by atoms with Crippen LogP contribution in [0.1, 0.15) is 59.6 Å². The molecule has 2 aromatic carbocycles. The van der Waals surface area contributed by atoms with Crippen molar-refractivity contribution in [1.29, 1.82) is 0 Å². The zero-order chi connectivity index (χ0) is 17.7. The molecule has 0 aromatic heterocycles. The first-order chi connectivity index (χ1) is 11.3. The highest BCUT2D eigenvalue weighted by Gasteiger charge is 2.26. The van der Waals surface area contributed by atoms with E-state index in [9.17, 15) is 14.7 Å². The number of esters is 1. The van der Waals surface area contributed by atoms with Crippen LogP contribution in [0.25, 0.3) is 0 Å². The van der Waals surface area contributed by atoms with Gasteiger partial charge in [-0.25, -0.2) is 9.59 Å². The standard InChI is InChI=1S/C20H22O4/c1-20(2,3)13-17(14-9-5-4-6-10-14)24-19(23)16-12-8-7-11-15(16)18(21)22/h4-12,17H,13H2,1-3H3,(H,21,22). The zero-order valence-corrected chi connectivity index (χ0v) is 14.2. The van der Waals surface area contributed by atoms with Gasteiger partial charge in [0.1, 0.15) is 6.10 Å². The molecule has 0 spiro atoms. The fraction of sp³-hybridized carbons (Fsp3) is 0.300. The van der Waals surface area contributed by atoms with Gasteiger partial charge in [-0.05, 0) is 29.5 Å². The van der Waals surface area contributed by atoms with E-state index in [0.717, 1.165) is 5.56 Å². The number of carboxylic acid groups (broad SMARTS) is 1. The molecule has 0 aliphatic heterocycles. The summed E-state index contributed by atoms with van der Waals surface area (Å²) in [6.07, 6.45) is 0.207. The molecule has 0 radical (unpaired) electrons. The number of rotatable bonds is 5. The molecular weight excluding hydrogens is 304 g/mol. The number of aromatic carboxylic acids is 1. The van der Waals surface area contributed by atoms with Crippen LogP contribution >= 0.6 is 0 Å². The molecule has 2 rings (SSSR count). The van der Waals surface area contributed by atoms with Crippen LogP contribution in [0.5, 0.6) is 0 Å². The van der Waals surface area contributed by atoms with E-state index in [2.05, 4.69) is 20.8 Å². The van der Waals surface area contributed by atoms with Crippen molar-refractivity contribution in [3.63, 3.8) is 0 Å². The molecule has 1 atom stereocenters. The molecular formula is C20H22O4. The topological polar surface area (TPSA) is 63.6 Å². The first-order valence-electron chi connectivity index (χ1n) is 7.86. The van der Waals surface area contributed by atoms with E-state index in [1.165, 1.54) is 12.1 Å². The number of carboxylic acids is 1. The van der Waals surface area contributed by atoms with E-state index >= 15 is 0 Å². The lowest BCUT2D eigenvalue weighted by Gasteiger charge is -2.26. The third kappa shape index (κ3) is 4.69. The van der Waals surface area contributed by atoms with Gasteiger partial charge in [-0.15, -0.1) is 0 Å². The molecule has 0 aliphatic carbocycles. The quantitative estimate of drug-likeness (QED) is 0.808. The number of carbonyl (C=O) groups is 2. The average Bonchev–Trinajstić information content (AvgIpc) is 2.53. The third-order valence-corrected chi connectivity index (χ3v) is 3.60. The van der Waals surface area contributed by atoms with Gasteiger partial charge < -0.3 is 9.84 Å². The second-order valence-electron chi connectivity index (χ2n) is 6.92. The van der Waals surface area contributed by atoms with Gasteiger partial charge in [0.05, 0.1) is 11.1 Å². The first-order valence-corrected chi connectivity index (χ1v) is 7.86. The molecule has 0 bridgehead atoms. The summed E-state index contributed by atoms with van der Waals surface area (Å²) in [6, 6.07) is 15.6. The highest BCUT2D eigenvalue weighted by Crippen LogP contribution is 2.33. The third-order valence-electron chi connectivity index (χ3n) is 3.60. The number of benzene rings is 2. The summed E-state index contributed by atoms with van der Waals surface area (Å²) in [6.45, 7) is 6.21. The lowest BCUT2D eigenvalue weighted by Crippen LogP contribution is -2.19.